The van der Waals surface area contributed by atoms with Crippen LogP contribution in [0.5, 0.6) is 11.5 Å². The van der Waals surface area contributed by atoms with Gasteiger partial charge in [-0.3, -0.25) is 9.59 Å². The van der Waals surface area contributed by atoms with Gasteiger partial charge in [0.1, 0.15) is 11.5 Å². The number of rotatable bonds is 6. The summed E-state index contributed by atoms with van der Waals surface area (Å²) in [6, 6.07) is 26.3. The van der Waals surface area contributed by atoms with E-state index in [1.165, 1.54) is 6.26 Å². The second-order valence-electron chi connectivity index (χ2n) is 6.38. The third kappa shape index (κ3) is 4.56. The first-order valence-corrected chi connectivity index (χ1v) is 9.27. The molecule has 6 heteroatoms. The molecule has 0 saturated carbocycles. The van der Waals surface area contributed by atoms with Crippen LogP contribution in [0.25, 0.3) is 0 Å². The maximum absolute atomic E-state index is 12.9. The van der Waals surface area contributed by atoms with Crippen molar-refractivity contribution in [1.82, 2.24) is 0 Å². The van der Waals surface area contributed by atoms with Crippen LogP contribution in [0.1, 0.15) is 20.9 Å². The van der Waals surface area contributed by atoms with E-state index in [2.05, 4.69) is 10.6 Å². The number of furan rings is 1. The molecular formula is C24H18N2O4. The van der Waals surface area contributed by atoms with Crippen molar-refractivity contribution in [2.24, 2.45) is 0 Å². The van der Waals surface area contributed by atoms with Crippen LogP contribution in [0.2, 0.25) is 0 Å². The lowest BCUT2D eigenvalue weighted by atomic mass is 10.1. The topological polar surface area (TPSA) is 80.6 Å². The number of benzene rings is 3. The highest BCUT2D eigenvalue weighted by Crippen LogP contribution is 2.26. The number of nitrogens with one attached hydrogen (secondary N) is 2. The number of amides is 2. The normalized spacial score (nSPS) is 10.3. The van der Waals surface area contributed by atoms with Crippen molar-refractivity contribution in [3.8, 4) is 11.5 Å². The summed E-state index contributed by atoms with van der Waals surface area (Å²) >= 11 is 0. The van der Waals surface area contributed by atoms with E-state index < -0.39 is 0 Å². The molecule has 2 N–H and O–H groups in total. The summed E-state index contributed by atoms with van der Waals surface area (Å²) in [5.41, 5.74) is 1.46. The van der Waals surface area contributed by atoms with Crippen LogP contribution in [-0.2, 0) is 0 Å². The minimum atomic E-state index is -0.370. The summed E-state index contributed by atoms with van der Waals surface area (Å²) in [5.74, 6) is 0.599. The van der Waals surface area contributed by atoms with Gasteiger partial charge >= 0.3 is 0 Å². The highest BCUT2D eigenvalue weighted by molar-refractivity contribution is 6.07. The Morgan fingerprint density at radius 2 is 1.40 bits per heavy atom. The first kappa shape index (κ1) is 19.0. The third-order valence-corrected chi connectivity index (χ3v) is 4.23. The predicted molar refractivity (Wildman–Crippen MR) is 114 cm³/mol. The van der Waals surface area contributed by atoms with E-state index in [1.807, 2.05) is 30.3 Å². The van der Waals surface area contributed by atoms with Gasteiger partial charge in [0, 0.05) is 11.4 Å². The fourth-order valence-electron chi connectivity index (χ4n) is 2.83. The Hall–Kier alpha value is -4.32. The van der Waals surface area contributed by atoms with E-state index >= 15 is 0 Å². The molecule has 1 heterocycles. The van der Waals surface area contributed by atoms with Crippen molar-refractivity contribution in [2.45, 2.75) is 0 Å². The van der Waals surface area contributed by atoms with Gasteiger partial charge in [0.15, 0.2) is 5.76 Å². The van der Waals surface area contributed by atoms with E-state index in [4.69, 9.17) is 9.15 Å². The molecule has 6 nitrogen and oxygen atoms in total. The fourth-order valence-corrected chi connectivity index (χ4v) is 2.83. The summed E-state index contributed by atoms with van der Waals surface area (Å²) in [6.07, 6.45) is 1.43. The molecule has 0 fully saturated rings. The molecule has 0 aliphatic carbocycles. The van der Waals surface area contributed by atoms with Gasteiger partial charge in [0.25, 0.3) is 11.8 Å². The average Bonchev–Trinajstić information content (AvgIpc) is 3.30. The molecule has 0 bridgehead atoms. The number of carbonyl (C=O) groups excluding carboxylic acids is 2. The van der Waals surface area contributed by atoms with Crippen LogP contribution < -0.4 is 15.4 Å². The zero-order valence-corrected chi connectivity index (χ0v) is 15.9. The highest BCUT2D eigenvalue weighted by atomic mass is 16.5. The van der Waals surface area contributed by atoms with Crippen LogP contribution in [0.3, 0.4) is 0 Å². The van der Waals surface area contributed by atoms with Gasteiger partial charge < -0.3 is 19.8 Å². The number of hydrogen-bond acceptors (Lipinski definition) is 4. The molecule has 4 aromatic rings. The molecular weight excluding hydrogens is 380 g/mol. The van der Waals surface area contributed by atoms with Crippen molar-refractivity contribution in [3.63, 3.8) is 0 Å². The summed E-state index contributed by atoms with van der Waals surface area (Å²) in [5, 5.41) is 5.57. The Morgan fingerprint density at radius 3 is 2.13 bits per heavy atom. The molecule has 0 aliphatic heterocycles. The number of ether oxygens (including phenoxy) is 1. The standard InChI is InChI=1S/C24H18N2O4/c27-23(20-12-4-5-13-21(20)30-19-10-2-1-3-11-19)25-17-8-6-9-18(16-17)26-24(28)22-14-7-15-29-22/h1-16H,(H,25,27)(H,26,28). The Bertz CT molecular complexity index is 1150. The molecule has 1 aromatic heterocycles. The van der Waals surface area contributed by atoms with Crippen molar-refractivity contribution in [3.05, 3.63) is 109 Å². The number of anilines is 2. The number of para-hydroxylation sites is 2. The van der Waals surface area contributed by atoms with Gasteiger partial charge in [0.05, 0.1) is 11.8 Å². The molecule has 0 atom stereocenters. The van der Waals surface area contributed by atoms with Crippen molar-refractivity contribution in [2.75, 3.05) is 10.6 Å². The number of carbonyl (C=O) groups is 2. The molecule has 0 aliphatic rings. The lowest BCUT2D eigenvalue weighted by Gasteiger charge is -2.12. The quantitative estimate of drug-likeness (QED) is 0.444. The zero-order valence-electron chi connectivity index (χ0n) is 15.9. The Kier molecular flexibility index (Phi) is 5.57. The lowest BCUT2D eigenvalue weighted by molar-refractivity contribution is 0.0994. The molecule has 4 rings (SSSR count). The molecule has 0 saturated heterocycles. The average molecular weight is 398 g/mol. The smallest absolute Gasteiger partial charge is 0.291 e. The van der Waals surface area contributed by atoms with Crippen molar-refractivity contribution >= 4 is 23.2 Å². The van der Waals surface area contributed by atoms with E-state index in [1.54, 1.807) is 60.7 Å². The van der Waals surface area contributed by atoms with Gasteiger partial charge in [-0.15, -0.1) is 0 Å². The molecule has 0 unspecified atom stereocenters. The van der Waals surface area contributed by atoms with Crippen LogP contribution in [-0.4, -0.2) is 11.8 Å². The van der Waals surface area contributed by atoms with Crippen LogP contribution >= 0.6 is 0 Å². The van der Waals surface area contributed by atoms with Gasteiger partial charge in [-0.2, -0.15) is 0 Å². The van der Waals surface area contributed by atoms with E-state index in [0.29, 0.717) is 28.4 Å². The Morgan fingerprint density at radius 1 is 0.700 bits per heavy atom. The molecule has 0 radical (unpaired) electrons. The van der Waals surface area contributed by atoms with E-state index in [-0.39, 0.29) is 17.6 Å². The lowest BCUT2D eigenvalue weighted by Crippen LogP contribution is -2.14. The summed E-state index contributed by atoms with van der Waals surface area (Å²) in [4.78, 5) is 25.0. The van der Waals surface area contributed by atoms with Gasteiger partial charge in [0.2, 0.25) is 0 Å². The Labute approximate surface area is 173 Å². The minimum Gasteiger partial charge on any atom is -0.459 e. The van der Waals surface area contributed by atoms with Crippen LogP contribution in [0, 0.1) is 0 Å². The molecule has 0 spiro atoms. The van der Waals surface area contributed by atoms with Gasteiger partial charge in [-0.25, -0.2) is 0 Å². The second-order valence-corrected chi connectivity index (χ2v) is 6.38. The molecule has 148 valence electrons. The second kappa shape index (κ2) is 8.79. The van der Waals surface area contributed by atoms with Gasteiger partial charge in [-0.1, -0.05) is 36.4 Å². The van der Waals surface area contributed by atoms with Gasteiger partial charge in [-0.05, 0) is 54.6 Å². The number of hydrogen-bond donors (Lipinski definition) is 2. The minimum absolute atomic E-state index is 0.205. The molecule has 2 amide bonds. The monoisotopic (exact) mass is 398 g/mol. The summed E-state index contributed by atoms with van der Waals surface area (Å²) in [7, 11) is 0. The SMILES string of the molecule is O=C(Nc1cccc(NC(=O)c2ccccc2Oc2ccccc2)c1)c1ccco1. The summed E-state index contributed by atoms with van der Waals surface area (Å²) < 4.78 is 10.9. The first-order valence-electron chi connectivity index (χ1n) is 9.27. The first-order chi connectivity index (χ1) is 14.7. The van der Waals surface area contributed by atoms with Crippen molar-refractivity contribution in [1.29, 1.82) is 0 Å². The molecule has 3 aromatic carbocycles. The largest absolute Gasteiger partial charge is 0.459 e. The van der Waals surface area contributed by atoms with Crippen LogP contribution in [0.15, 0.2) is 102 Å². The maximum Gasteiger partial charge on any atom is 0.291 e. The maximum atomic E-state index is 12.9. The highest BCUT2D eigenvalue weighted by Gasteiger charge is 2.14. The Balaban J connectivity index is 1.49. The molecule has 30 heavy (non-hydrogen) atoms. The van der Waals surface area contributed by atoms with Crippen molar-refractivity contribution < 1.29 is 18.7 Å². The van der Waals surface area contributed by atoms with E-state index in [9.17, 15) is 9.59 Å². The predicted octanol–water partition coefficient (Wildman–Crippen LogP) is 5.58. The zero-order chi connectivity index (χ0) is 20.8. The third-order valence-electron chi connectivity index (χ3n) is 4.23. The van der Waals surface area contributed by atoms with Crippen LogP contribution in [0.4, 0.5) is 11.4 Å². The fraction of sp³-hybridized carbons (Fsp3) is 0. The van der Waals surface area contributed by atoms with E-state index in [0.717, 1.165) is 0 Å². The summed E-state index contributed by atoms with van der Waals surface area (Å²) in [6.45, 7) is 0.